The van der Waals surface area contributed by atoms with Crippen LogP contribution in [0.4, 0.5) is 13.6 Å². The molecule has 0 radical (unpaired) electrons. The maximum absolute atomic E-state index is 15.8. The first kappa shape index (κ1) is 36.0. The molecule has 1 aliphatic carbocycles. The first-order valence-electron chi connectivity index (χ1n) is 17.6. The third-order valence-electron chi connectivity index (χ3n) is 10.7. The average molecular weight is 718 g/mol. The first-order chi connectivity index (χ1) is 25.0. The molecule has 1 aromatic heterocycles. The van der Waals surface area contributed by atoms with Crippen molar-refractivity contribution in [3.8, 4) is 0 Å². The number of rotatable bonds is 10. The Morgan fingerprint density at radius 2 is 1.87 bits per heavy atom. The molecule has 3 saturated heterocycles. The molecule has 4 heterocycles. The molecule has 0 spiro atoms. The van der Waals surface area contributed by atoms with Gasteiger partial charge in [-0.1, -0.05) is 69.3 Å². The molecule has 0 saturated carbocycles. The Balaban J connectivity index is 1.45. The number of amides is 2. The lowest BCUT2D eigenvalue weighted by molar-refractivity contribution is -0.216. The van der Waals surface area contributed by atoms with Gasteiger partial charge in [0.2, 0.25) is 5.79 Å². The van der Waals surface area contributed by atoms with Gasteiger partial charge in [0.1, 0.15) is 48.1 Å². The molecule has 5 unspecified atom stereocenters. The van der Waals surface area contributed by atoms with Gasteiger partial charge in [-0.25, -0.2) is 23.2 Å². The van der Waals surface area contributed by atoms with E-state index in [0.717, 1.165) is 25.2 Å². The van der Waals surface area contributed by atoms with Crippen molar-refractivity contribution in [3.05, 3.63) is 108 Å². The lowest BCUT2D eigenvalue weighted by Crippen LogP contribution is -2.67. The van der Waals surface area contributed by atoms with E-state index in [4.69, 9.17) is 14.2 Å². The van der Waals surface area contributed by atoms with Crippen molar-refractivity contribution >= 4 is 11.8 Å². The number of halogens is 2. The van der Waals surface area contributed by atoms with Crippen molar-refractivity contribution < 1.29 is 32.6 Å². The van der Waals surface area contributed by atoms with Gasteiger partial charge in [-0.05, 0) is 23.8 Å². The normalized spacial score (nSPS) is 29.7. The number of carbonyl (C=O) groups excluding carboxylic acids is 2. The third kappa shape index (κ3) is 5.96. The van der Waals surface area contributed by atoms with E-state index in [1.54, 1.807) is 16.9 Å². The minimum Gasteiger partial charge on any atom is -0.358 e. The number of allylic oxidation sites excluding steroid dienone is 2. The van der Waals surface area contributed by atoms with Gasteiger partial charge in [0.05, 0.1) is 13.2 Å². The second-order valence-corrected chi connectivity index (χ2v) is 14.7. The van der Waals surface area contributed by atoms with Crippen LogP contribution >= 0.6 is 0 Å². The van der Waals surface area contributed by atoms with Crippen LogP contribution in [0.3, 0.4) is 0 Å². The zero-order valence-electron chi connectivity index (χ0n) is 29.9. The summed E-state index contributed by atoms with van der Waals surface area (Å²) < 4.78 is 51.7. The number of piperazine rings is 1. The van der Waals surface area contributed by atoms with E-state index in [9.17, 15) is 9.18 Å². The van der Waals surface area contributed by atoms with Gasteiger partial charge in [-0.15, -0.1) is 0 Å². The number of ether oxygens (including phenoxy) is 3. The topological polar surface area (TPSA) is 114 Å². The molecule has 52 heavy (non-hydrogen) atoms. The quantitative estimate of drug-likeness (QED) is 0.331. The number of nitrogens with one attached hydrogen (secondary N) is 1. The number of urea groups is 1. The van der Waals surface area contributed by atoms with E-state index in [-0.39, 0.29) is 31.0 Å². The second-order valence-electron chi connectivity index (χ2n) is 14.7. The first-order valence-corrected chi connectivity index (χ1v) is 17.6. The van der Waals surface area contributed by atoms with Crippen LogP contribution in [0.25, 0.3) is 0 Å². The van der Waals surface area contributed by atoms with Crippen molar-refractivity contribution in [2.24, 2.45) is 5.41 Å². The fourth-order valence-electron chi connectivity index (χ4n) is 8.05. The number of carbonyl (C=O) groups is 2. The third-order valence-corrected chi connectivity index (χ3v) is 10.7. The van der Waals surface area contributed by atoms with Gasteiger partial charge in [0.25, 0.3) is 0 Å². The van der Waals surface area contributed by atoms with Gasteiger partial charge in [-0.2, -0.15) is 5.10 Å². The predicted molar refractivity (Wildman–Crippen MR) is 186 cm³/mol. The van der Waals surface area contributed by atoms with Crippen LogP contribution < -0.4 is 5.32 Å². The summed E-state index contributed by atoms with van der Waals surface area (Å²) in [5.74, 6) is -3.65. The summed E-state index contributed by atoms with van der Waals surface area (Å²) in [5, 5.41) is 7.65. The summed E-state index contributed by atoms with van der Waals surface area (Å²) >= 11 is 0. The minimum absolute atomic E-state index is 0.0554. The van der Waals surface area contributed by atoms with Crippen LogP contribution in [-0.4, -0.2) is 106 Å². The molecule has 1 N–H and O–H groups in total. The molecule has 14 heteroatoms. The maximum Gasteiger partial charge on any atom is 0.325 e. The van der Waals surface area contributed by atoms with Crippen molar-refractivity contribution in [1.82, 2.24) is 34.8 Å². The maximum atomic E-state index is 15.8. The number of benzene rings is 2. The van der Waals surface area contributed by atoms with E-state index < -0.39 is 52.4 Å². The zero-order chi connectivity index (χ0) is 36.7. The second kappa shape index (κ2) is 13.9. The lowest BCUT2D eigenvalue weighted by Gasteiger charge is -2.52. The Hall–Kier alpha value is -4.34. The molecule has 7 rings (SSSR count). The standard InChI is InChI=1S/C38H45F2N7O5/c1-35(2,3)31(48)22-46-34(49)47(36(15-9-6-10-16-36)44-19-17-41-18-20-44)33(50-4)38(46,27-11-7-5-8-12-27)32-23-51-37(52-32,24-45-26-42-25-43-45)29-14-13-28(39)21-30(29)40/h5-15,21,25-26,32-33,41H,16-20,22-24H2,1-4H3. The van der Waals surface area contributed by atoms with Gasteiger partial charge >= 0.3 is 6.03 Å². The van der Waals surface area contributed by atoms with Gasteiger partial charge in [0, 0.05) is 56.8 Å². The van der Waals surface area contributed by atoms with Gasteiger partial charge in [-0.3, -0.25) is 14.6 Å². The van der Waals surface area contributed by atoms with Crippen molar-refractivity contribution in [2.75, 3.05) is 46.4 Å². The Bertz CT molecular complexity index is 1830. The summed E-state index contributed by atoms with van der Waals surface area (Å²) in [6.07, 6.45) is 9.12. The van der Waals surface area contributed by atoms with Crippen LogP contribution in [0.1, 0.15) is 38.3 Å². The highest BCUT2D eigenvalue weighted by Crippen LogP contribution is 2.54. The molecule has 4 aliphatic rings. The Kier molecular flexibility index (Phi) is 9.63. The molecule has 0 bridgehead atoms. The number of Topliss-reactive ketones (excluding diaryl/α,β-unsaturated/α-hetero) is 1. The highest BCUT2D eigenvalue weighted by molar-refractivity contribution is 5.91. The predicted octanol–water partition coefficient (Wildman–Crippen LogP) is 4.16. The summed E-state index contributed by atoms with van der Waals surface area (Å²) in [6, 6.07) is 12.1. The SMILES string of the molecule is COC1N(C2(N3CCNCC3)C=CC=CC2)C(=O)N(CC(=O)C(C)(C)C)C1(c1ccccc1)C1COC(Cn2cncn2)(c2ccc(F)cc2F)O1. The van der Waals surface area contributed by atoms with E-state index in [1.807, 2.05) is 75.4 Å². The number of hydrogen-bond donors (Lipinski definition) is 1. The monoisotopic (exact) mass is 717 g/mol. The Morgan fingerprint density at radius 1 is 1.10 bits per heavy atom. The minimum atomic E-state index is -1.84. The summed E-state index contributed by atoms with van der Waals surface area (Å²) in [4.78, 5) is 39.3. The summed E-state index contributed by atoms with van der Waals surface area (Å²) in [6.45, 7) is 7.64. The molecule has 3 aromatic rings. The van der Waals surface area contributed by atoms with Crippen LogP contribution in [0, 0.1) is 17.0 Å². The molecule has 3 fully saturated rings. The van der Waals surface area contributed by atoms with Crippen molar-refractivity contribution in [2.45, 2.75) is 63.1 Å². The molecular formula is C38H45F2N7O5. The number of aromatic nitrogens is 3. The molecule has 3 aliphatic heterocycles. The Morgan fingerprint density at radius 3 is 2.50 bits per heavy atom. The van der Waals surface area contributed by atoms with E-state index in [2.05, 4.69) is 20.3 Å². The molecule has 12 nitrogen and oxygen atoms in total. The van der Waals surface area contributed by atoms with Crippen LogP contribution in [0.5, 0.6) is 0 Å². The fourth-order valence-corrected chi connectivity index (χ4v) is 8.05. The van der Waals surface area contributed by atoms with Crippen molar-refractivity contribution in [1.29, 1.82) is 0 Å². The van der Waals surface area contributed by atoms with Gasteiger partial charge in [0.15, 0.2) is 12.0 Å². The average Bonchev–Trinajstić information content (AvgIpc) is 3.87. The number of hydrogen-bond acceptors (Lipinski definition) is 9. The highest BCUT2D eigenvalue weighted by atomic mass is 19.1. The number of methoxy groups -OCH3 is 1. The molecule has 276 valence electrons. The van der Waals surface area contributed by atoms with E-state index in [1.165, 1.54) is 23.4 Å². The van der Waals surface area contributed by atoms with E-state index >= 15 is 9.18 Å². The highest BCUT2D eigenvalue weighted by Gasteiger charge is 2.70. The molecule has 5 atom stereocenters. The lowest BCUT2D eigenvalue weighted by atomic mass is 9.80. The van der Waals surface area contributed by atoms with E-state index in [0.29, 0.717) is 25.1 Å². The number of ketones is 1. The number of nitrogens with zero attached hydrogens (tertiary/aromatic N) is 6. The summed E-state index contributed by atoms with van der Waals surface area (Å²) in [7, 11) is 1.55. The molecular weight excluding hydrogens is 672 g/mol. The largest absolute Gasteiger partial charge is 0.358 e. The van der Waals surface area contributed by atoms with Gasteiger partial charge < -0.3 is 24.4 Å². The Labute approximate surface area is 302 Å². The van der Waals surface area contributed by atoms with Crippen LogP contribution in [0.2, 0.25) is 0 Å². The molecule has 2 aromatic carbocycles. The summed E-state index contributed by atoms with van der Waals surface area (Å²) in [5.41, 5.74) is -2.71. The fraction of sp³-hybridized carbons (Fsp3) is 0.474. The zero-order valence-corrected chi connectivity index (χ0v) is 29.9. The van der Waals surface area contributed by atoms with Crippen LogP contribution in [-0.2, 0) is 36.9 Å². The molecule has 2 amide bonds. The smallest absolute Gasteiger partial charge is 0.325 e. The van der Waals surface area contributed by atoms with Crippen molar-refractivity contribution in [3.63, 3.8) is 0 Å². The van der Waals surface area contributed by atoms with Crippen LogP contribution in [0.15, 0.2) is 85.5 Å².